The van der Waals surface area contributed by atoms with Gasteiger partial charge in [-0.1, -0.05) is 49.3 Å². The molecule has 0 heterocycles. The van der Waals surface area contributed by atoms with E-state index in [1.165, 1.54) is 37.7 Å². The maximum atomic E-state index is 3.92. The van der Waals surface area contributed by atoms with Crippen LogP contribution in [-0.2, 0) is 0 Å². The molecule has 0 spiro atoms. The lowest BCUT2D eigenvalue weighted by atomic mass is 10.0. The first-order valence-electron chi connectivity index (χ1n) is 6.07. The Bertz CT molecular complexity index is 230. The van der Waals surface area contributed by atoms with Crippen LogP contribution >= 0.6 is 0 Å². The van der Waals surface area contributed by atoms with Crippen molar-refractivity contribution in [2.45, 2.75) is 59.3 Å². The monoisotopic (exact) mass is 206 g/mol. The molecule has 0 nitrogen and oxygen atoms in total. The van der Waals surface area contributed by atoms with Crippen molar-refractivity contribution in [3.05, 3.63) is 36.0 Å². The molecular formula is C15H26. The van der Waals surface area contributed by atoms with E-state index in [2.05, 4.69) is 33.9 Å². The van der Waals surface area contributed by atoms with Crippen LogP contribution in [0.15, 0.2) is 36.0 Å². The van der Waals surface area contributed by atoms with Crippen molar-refractivity contribution < 1.29 is 0 Å². The molecule has 0 aromatic heterocycles. The summed E-state index contributed by atoms with van der Waals surface area (Å²) in [7, 11) is 0. The molecular weight excluding hydrogens is 180 g/mol. The second-order valence-corrected chi connectivity index (χ2v) is 4.34. The van der Waals surface area contributed by atoms with Gasteiger partial charge in [-0.25, -0.2) is 0 Å². The van der Waals surface area contributed by atoms with Gasteiger partial charge in [0.2, 0.25) is 0 Å². The topological polar surface area (TPSA) is 0 Å². The Kier molecular flexibility index (Phi) is 8.08. The first-order chi connectivity index (χ1) is 7.11. The van der Waals surface area contributed by atoms with Gasteiger partial charge in [-0.2, -0.15) is 0 Å². The molecule has 86 valence electrons. The Labute approximate surface area is 95.8 Å². The average molecular weight is 206 g/mol. The molecule has 0 aromatic rings. The van der Waals surface area contributed by atoms with E-state index >= 15 is 0 Å². The van der Waals surface area contributed by atoms with Crippen molar-refractivity contribution >= 4 is 0 Å². The van der Waals surface area contributed by atoms with Crippen LogP contribution in [0.25, 0.3) is 0 Å². The molecule has 0 saturated heterocycles. The van der Waals surface area contributed by atoms with Crippen LogP contribution in [0.5, 0.6) is 0 Å². The molecule has 0 radical (unpaired) electrons. The third kappa shape index (κ3) is 7.18. The molecule has 0 atom stereocenters. The fourth-order valence-corrected chi connectivity index (χ4v) is 1.54. The number of hydrogen-bond acceptors (Lipinski definition) is 0. The second-order valence-electron chi connectivity index (χ2n) is 4.34. The highest BCUT2D eigenvalue weighted by Crippen LogP contribution is 2.16. The summed E-state index contributed by atoms with van der Waals surface area (Å²) in [5.41, 5.74) is 4.32. The molecule has 0 aliphatic heterocycles. The van der Waals surface area contributed by atoms with Gasteiger partial charge >= 0.3 is 0 Å². The minimum absolute atomic E-state index is 1.11. The zero-order valence-electron chi connectivity index (χ0n) is 10.7. The van der Waals surface area contributed by atoms with Crippen molar-refractivity contribution in [2.24, 2.45) is 0 Å². The third-order valence-electron chi connectivity index (χ3n) is 3.10. The fraction of sp³-hybridized carbons (Fsp3) is 0.600. The molecule has 0 N–H and O–H groups in total. The maximum absolute atomic E-state index is 3.92. The van der Waals surface area contributed by atoms with Gasteiger partial charge in [0, 0.05) is 0 Å². The molecule has 0 aliphatic rings. The van der Waals surface area contributed by atoms with Gasteiger partial charge in [0.05, 0.1) is 0 Å². The highest BCUT2D eigenvalue weighted by Gasteiger charge is 1.96. The van der Waals surface area contributed by atoms with Gasteiger partial charge in [-0.15, -0.1) is 0 Å². The highest BCUT2D eigenvalue weighted by atomic mass is 14.0. The van der Waals surface area contributed by atoms with Crippen molar-refractivity contribution in [1.82, 2.24) is 0 Å². The summed E-state index contributed by atoms with van der Waals surface area (Å²) in [5.74, 6) is 0. The Balaban J connectivity index is 3.55. The maximum Gasteiger partial charge on any atom is -0.0285 e. The largest absolute Gasteiger partial charge is 0.0988 e. The first-order valence-corrected chi connectivity index (χ1v) is 6.07. The van der Waals surface area contributed by atoms with Crippen molar-refractivity contribution in [3.63, 3.8) is 0 Å². The molecule has 0 unspecified atom stereocenters. The van der Waals surface area contributed by atoms with Gasteiger partial charge in [-0.3, -0.25) is 0 Å². The third-order valence-corrected chi connectivity index (χ3v) is 3.10. The first kappa shape index (κ1) is 14.2. The van der Waals surface area contributed by atoms with Gasteiger partial charge in [-0.05, 0) is 46.0 Å². The van der Waals surface area contributed by atoms with Crippen LogP contribution in [0.3, 0.4) is 0 Å². The minimum atomic E-state index is 1.11. The summed E-state index contributed by atoms with van der Waals surface area (Å²) in [4.78, 5) is 0. The van der Waals surface area contributed by atoms with E-state index in [9.17, 15) is 0 Å². The lowest BCUT2D eigenvalue weighted by Gasteiger charge is -2.06. The van der Waals surface area contributed by atoms with E-state index in [0.29, 0.717) is 0 Å². The van der Waals surface area contributed by atoms with Crippen LogP contribution in [0, 0.1) is 0 Å². The van der Waals surface area contributed by atoms with Crippen molar-refractivity contribution in [3.8, 4) is 0 Å². The van der Waals surface area contributed by atoms with Crippen LogP contribution in [0.2, 0.25) is 0 Å². The minimum Gasteiger partial charge on any atom is -0.0988 e. The second kappa shape index (κ2) is 8.52. The summed E-state index contributed by atoms with van der Waals surface area (Å²) in [6.07, 6.45) is 9.31. The number of unbranched alkanes of at least 4 members (excludes halogenated alkanes) is 2. The summed E-state index contributed by atoms with van der Waals surface area (Å²) in [6, 6.07) is 0. The molecule has 15 heavy (non-hydrogen) atoms. The molecule has 0 heteroatoms. The van der Waals surface area contributed by atoms with E-state index in [4.69, 9.17) is 0 Å². The molecule has 0 rings (SSSR count). The Hall–Kier alpha value is -0.780. The molecule has 0 aliphatic carbocycles. The van der Waals surface area contributed by atoms with E-state index in [0.717, 1.165) is 6.42 Å². The number of hydrogen-bond donors (Lipinski definition) is 0. The zero-order chi connectivity index (χ0) is 11.7. The van der Waals surface area contributed by atoms with E-state index < -0.39 is 0 Å². The summed E-state index contributed by atoms with van der Waals surface area (Å²) in [6.45, 7) is 14.4. The van der Waals surface area contributed by atoms with Gasteiger partial charge in [0.1, 0.15) is 0 Å². The summed E-state index contributed by atoms with van der Waals surface area (Å²) < 4.78 is 0. The normalized spacial score (nSPS) is 12.2. The van der Waals surface area contributed by atoms with E-state index in [1.54, 1.807) is 11.1 Å². The SMILES string of the molecule is C=CC(=C)CCCCC/C(C)=C(\C)CC. The van der Waals surface area contributed by atoms with Crippen LogP contribution in [0.4, 0.5) is 0 Å². The molecule has 0 amide bonds. The average Bonchev–Trinajstić information content (AvgIpc) is 2.26. The van der Waals surface area contributed by atoms with E-state index in [1.807, 2.05) is 6.08 Å². The van der Waals surface area contributed by atoms with Crippen molar-refractivity contribution in [2.75, 3.05) is 0 Å². The van der Waals surface area contributed by atoms with E-state index in [-0.39, 0.29) is 0 Å². The highest BCUT2D eigenvalue weighted by molar-refractivity contribution is 5.10. The van der Waals surface area contributed by atoms with Gasteiger partial charge in [0.25, 0.3) is 0 Å². The van der Waals surface area contributed by atoms with Crippen LogP contribution < -0.4 is 0 Å². The predicted molar refractivity (Wildman–Crippen MR) is 71.1 cm³/mol. The lowest BCUT2D eigenvalue weighted by Crippen LogP contribution is -1.85. The molecule has 0 aromatic carbocycles. The smallest absolute Gasteiger partial charge is 0.0285 e. The Morgan fingerprint density at radius 2 is 1.60 bits per heavy atom. The number of allylic oxidation sites excluding steroid dienone is 4. The van der Waals surface area contributed by atoms with Gasteiger partial charge in [0.15, 0.2) is 0 Å². The summed E-state index contributed by atoms with van der Waals surface area (Å²) in [5, 5.41) is 0. The lowest BCUT2D eigenvalue weighted by molar-refractivity contribution is 0.674. The Morgan fingerprint density at radius 1 is 1.00 bits per heavy atom. The molecule has 0 bridgehead atoms. The fourth-order valence-electron chi connectivity index (χ4n) is 1.54. The Morgan fingerprint density at radius 3 is 2.13 bits per heavy atom. The molecule has 0 saturated carbocycles. The van der Waals surface area contributed by atoms with Crippen LogP contribution in [0.1, 0.15) is 59.3 Å². The zero-order valence-corrected chi connectivity index (χ0v) is 10.7. The quantitative estimate of drug-likeness (QED) is 0.282. The standard InChI is InChI=1S/C15H26/c1-6-13(3)11-9-8-10-12-15(5)14(4)7-2/h6H,1,3,7-12H2,2,4-5H3/b15-14+. The van der Waals surface area contributed by atoms with Gasteiger partial charge < -0.3 is 0 Å². The number of rotatable bonds is 8. The van der Waals surface area contributed by atoms with Crippen molar-refractivity contribution in [1.29, 1.82) is 0 Å². The molecule has 0 fully saturated rings. The summed E-state index contributed by atoms with van der Waals surface area (Å²) >= 11 is 0. The van der Waals surface area contributed by atoms with Crippen LogP contribution in [-0.4, -0.2) is 0 Å². The predicted octanol–water partition coefficient (Wildman–Crippen LogP) is 5.43.